The molecule has 10 aromatic rings. The third-order valence-corrected chi connectivity index (χ3v) is 8.96. The number of nitrogens with zero attached hydrogens (tertiary/aromatic N) is 5. The van der Waals surface area contributed by atoms with Crippen molar-refractivity contribution in [2.24, 2.45) is 0 Å². The molecular formula is C38H23N5. The Kier molecular flexibility index (Phi) is 4.39. The zero-order chi connectivity index (χ0) is 28.1. The molecule has 0 bridgehead atoms. The second-order valence-electron chi connectivity index (χ2n) is 11.1. The number of imidazole rings is 1. The minimum Gasteiger partial charge on any atom is -0.309 e. The van der Waals surface area contributed by atoms with Crippen LogP contribution >= 0.6 is 0 Å². The van der Waals surface area contributed by atoms with Crippen LogP contribution in [0.1, 0.15) is 0 Å². The quantitative estimate of drug-likeness (QED) is 0.202. The van der Waals surface area contributed by atoms with Crippen LogP contribution < -0.4 is 0 Å². The van der Waals surface area contributed by atoms with Crippen LogP contribution in [0.3, 0.4) is 0 Å². The highest BCUT2D eigenvalue weighted by Crippen LogP contribution is 2.44. The van der Waals surface area contributed by atoms with E-state index < -0.39 is 0 Å². The number of para-hydroxylation sites is 3. The molecule has 5 aromatic carbocycles. The molecule has 0 atom stereocenters. The molecule has 43 heavy (non-hydrogen) atoms. The summed E-state index contributed by atoms with van der Waals surface area (Å²) >= 11 is 0. The van der Waals surface area contributed by atoms with E-state index in [-0.39, 0.29) is 0 Å². The van der Waals surface area contributed by atoms with Gasteiger partial charge >= 0.3 is 0 Å². The van der Waals surface area contributed by atoms with Gasteiger partial charge in [-0.25, -0.2) is 4.98 Å². The monoisotopic (exact) mass is 549 g/mol. The molecule has 0 aliphatic heterocycles. The van der Waals surface area contributed by atoms with Gasteiger partial charge in [-0.1, -0.05) is 54.6 Å². The van der Waals surface area contributed by atoms with E-state index in [1.54, 1.807) is 0 Å². The summed E-state index contributed by atoms with van der Waals surface area (Å²) in [5, 5.41) is 8.34. The SMILES string of the molecule is c1ccc(-n2c3ccccc3c3cc4c5c6c7cnccc7n7ccnc7c6ccc5n(-c5ccccc5)c4cc32)cc1. The van der Waals surface area contributed by atoms with E-state index in [9.17, 15) is 0 Å². The van der Waals surface area contributed by atoms with E-state index in [1.165, 1.54) is 43.5 Å². The molecule has 0 N–H and O–H groups in total. The molecule has 0 radical (unpaired) electrons. The van der Waals surface area contributed by atoms with E-state index >= 15 is 0 Å². The standard InChI is InChI=1S/C38H23N5/c1-3-9-24(10-4-1)42-32-14-8-7-13-26(32)28-21-29-35(22-34(28)42)43(25-11-5-2-6-12-25)33-16-15-27-36(37(29)33)30-23-39-18-17-31(30)41-20-19-40-38(27)41/h1-23H. The maximum Gasteiger partial charge on any atom is 0.145 e. The average Bonchev–Trinajstić information content (AvgIpc) is 3.77. The fraction of sp³-hybridized carbons (Fsp3) is 0. The van der Waals surface area contributed by atoms with Crippen LogP contribution in [-0.2, 0) is 0 Å². The number of fused-ring (bicyclic) bond motifs is 13. The van der Waals surface area contributed by atoms with E-state index in [2.05, 4.69) is 134 Å². The normalized spacial score (nSPS) is 12.2. The molecule has 200 valence electrons. The summed E-state index contributed by atoms with van der Waals surface area (Å²) in [5.74, 6) is 0. The van der Waals surface area contributed by atoms with Crippen molar-refractivity contribution in [1.29, 1.82) is 0 Å². The molecule has 0 fully saturated rings. The first-order valence-corrected chi connectivity index (χ1v) is 14.5. The summed E-state index contributed by atoms with van der Waals surface area (Å²) in [6, 6.07) is 41.4. The van der Waals surface area contributed by atoms with Gasteiger partial charge in [-0.15, -0.1) is 0 Å². The highest BCUT2D eigenvalue weighted by molar-refractivity contribution is 6.31. The van der Waals surface area contributed by atoms with Gasteiger partial charge < -0.3 is 9.13 Å². The van der Waals surface area contributed by atoms with Crippen molar-refractivity contribution in [3.8, 4) is 11.4 Å². The molecule has 0 saturated carbocycles. The van der Waals surface area contributed by atoms with Crippen LogP contribution in [0.25, 0.3) is 82.3 Å². The van der Waals surface area contributed by atoms with Gasteiger partial charge in [-0.2, -0.15) is 0 Å². The van der Waals surface area contributed by atoms with Crippen molar-refractivity contribution >= 4 is 70.9 Å². The van der Waals surface area contributed by atoms with E-state index in [4.69, 9.17) is 4.98 Å². The van der Waals surface area contributed by atoms with Gasteiger partial charge in [0.1, 0.15) is 5.65 Å². The van der Waals surface area contributed by atoms with E-state index in [1.807, 2.05) is 24.8 Å². The third kappa shape index (κ3) is 2.95. The molecule has 0 unspecified atom stereocenters. The molecule has 10 rings (SSSR count). The minimum absolute atomic E-state index is 0.956. The Balaban J connectivity index is 1.49. The van der Waals surface area contributed by atoms with Gasteiger partial charge in [0.2, 0.25) is 0 Å². The lowest BCUT2D eigenvalue weighted by Crippen LogP contribution is -1.95. The van der Waals surface area contributed by atoms with Crippen LogP contribution in [0.15, 0.2) is 140 Å². The summed E-state index contributed by atoms with van der Waals surface area (Å²) in [4.78, 5) is 9.40. The predicted molar refractivity (Wildman–Crippen MR) is 177 cm³/mol. The average molecular weight is 550 g/mol. The van der Waals surface area contributed by atoms with Crippen molar-refractivity contribution in [3.63, 3.8) is 0 Å². The molecule has 0 saturated heterocycles. The molecule has 5 nitrogen and oxygen atoms in total. The highest BCUT2D eigenvalue weighted by Gasteiger charge is 2.22. The Labute approximate surface area is 245 Å². The first kappa shape index (κ1) is 22.7. The number of rotatable bonds is 2. The van der Waals surface area contributed by atoms with Crippen molar-refractivity contribution in [2.75, 3.05) is 0 Å². The Bertz CT molecular complexity index is 2710. The van der Waals surface area contributed by atoms with Crippen molar-refractivity contribution in [3.05, 3.63) is 140 Å². The summed E-state index contributed by atoms with van der Waals surface area (Å²) < 4.78 is 6.98. The topological polar surface area (TPSA) is 40.1 Å². The van der Waals surface area contributed by atoms with Crippen LogP contribution in [0, 0.1) is 0 Å². The fourth-order valence-electron chi connectivity index (χ4n) is 7.23. The Hall–Kier alpha value is -5.94. The maximum atomic E-state index is 4.81. The second kappa shape index (κ2) is 8.30. The summed E-state index contributed by atoms with van der Waals surface area (Å²) in [6.07, 6.45) is 7.79. The number of benzene rings is 5. The van der Waals surface area contributed by atoms with Gasteiger partial charge in [0, 0.05) is 73.9 Å². The van der Waals surface area contributed by atoms with Gasteiger partial charge in [0.25, 0.3) is 0 Å². The third-order valence-electron chi connectivity index (χ3n) is 8.96. The lowest BCUT2D eigenvalue weighted by molar-refractivity contribution is 1.16. The maximum absolute atomic E-state index is 4.81. The van der Waals surface area contributed by atoms with Gasteiger partial charge in [0.15, 0.2) is 0 Å². The zero-order valence-electron chi connectivity index (χ0n) is 23.0. The van der Waals surface area contributed by atoms with Crippen LogP contribution in [0.2, 0.25) is 0 Å². The number of hydrogen-bond donors (Lipinski definition) is 0. The molecule has 5 aromatic heterocycles. The van der Waals surface area contributed by atoms with Gasteiger partial charge in [-0.3, -0.25) is 9.38 Å². The van der Waals surface area contributed by atoms with Crippen LogP contribution in [0.4, 0.5) is 0 Å². The van der Waals surface area contributed by atoms with Crippen LogP contribution in [-0.4, -0.2) is 23.5 Å². The first-order valence-electron chi connectivity index (χ1n) is 14.5. The number of aromatic nitrogens is 5. The molecule has 0 amide bonds. The molecule has 0 aliphatic rings. The summed E-state index contributed by atoms with van der Waals surface area (Å²) in [6.45, 7) is 0. The van der Waals surface area contributed by atoms with E-state index in [0.29, 0.717) is 0 Å². The van der Waals surface area contributed by atoms with Crippen molar-refractivity contribution < 1.29 is 0 Å². The van der Waals surface area contributed by atoms with Gasteiger partial charge in [0.05, 0.1) is 27.6 Å². The minimum atomic E-state index is 0.956. The number of hydrogen-bond acceptors (Lipinski definition) is 2. The largest absolute Gasteiger partial charge is 0.309 e. The predicted octanol–water partition coefficient (Wildman–Crippen LogP) is 9.23. The molecule has 0 aliphatic carbocycles. The molecule has 0 spiro atoms. The lowest BCUT2D eigenvalue weighted by Gasteiger charge is -2.11. The van der Waals surface area contributed by atoms with E-state index in [0.717, 1.165) is 38.8 Å². The van der Waals surface area contributed by atoms with Crippen molar-refractivity contribution in [2.45, 2.75) is 0 Å². The fourth-order valence-corrected chi connectivity index (χ4v) is 7.23. The second-order valence-corrected chi connectivity index (χ2v) is 11.1. The Morgan fingerprint density at radius 1 is 0.442 bits per heavy atom. The molecule has 5 heteroatoms. The molecule has 5 heterocycles. The smallest absolute Gasteiger partial charge is 0.145 e. The molecular weight excluding hydrogens is 526 g/mol. The number of pyridine rings is 2. The van der Waals surface area contributed by atoms with Gasteiger partial charge in [-0.05, 0) is 60.7 Å². The van der Waals surface area contributed by atoms with Crippen molar-refractivity contribution in [1.82, 2.24) is 23.5 Å². The van der Waals surface area contributed by atoms with Crippen LogP contribution in [0.5, 0.6) is 0 Å². The summed E-state index contributed by atoms with van der Waals surface area (Å²) in [7, 11) is 0. The Morgan fingerprint density at radius 2 is 1.16 bits per heavy atom. The Morgan fingerprint density at radius 3 is 1.98 bits per heavy atom. The lowest BCUT2D eigenvalue weighted by atomic mass is 10.00. The zero-order valence-corrected chi connectivity index (χ0v) is 23.0. The first-order chi connectivity index (χ1) is 21.4. The summed E-state index contributed by atoms with van der Waals surface area (Å²) in [5.41, 5.74) is 9.06. The highest BCUT2D eigenvalue weighted by atomic mass is 15.0.